The summed E-state index contributed by atoms with van der Waals surface area (Å²) in [5, 5.41) is 0. The third kappa shape index (κ3) is 3.12. The van der Waals surface area contributed by atoms with Crippen molar-refractivity contribution in [3.63, 3.8) is 0 Å². The van der Waals surface area contributed by atoms with Crippen LogP contribution in [0.5, 0.6) is 0 Å². The van der Waals surface area contributed by atoms with Gasteiger partial charge in [-0.25, -0.2) is 0 Å². The first-order valence-corrected chi connectivity index (χ1v) is 5.11. The Morgan fingerprint density at radius 2 is 1.79 bits per heavy atom. The van der Waals surface area contributed by atoms with Gasteiger partial charge in [0.2, 0.25) is 0 Å². The van der Waals surface area contributed by atoms with Crippen molar-refractivity contribution in [2.45, 2.75) is 10.4 Å². The topological polar surface area (TPSA) is 54.4 Å². The zero-order chi connectivity index (χ0) is 10.3. The van der Waals surface area contributed by atoms with E-state index in [9.17, 15) is 21.6 Å². The summed E-state index contributed by atoms with van der Waals surface area (Å²) in [6.07, 6.45) is -4.58. The van der Waals surface area contributed by atoms with Crippen LogP contribution in [-0.4, -0.2) is 13.0 Å². The van der Waals surface area contributed by atoms with Crippen molar-refractivity contribution in [3.05, 3.63) is 17.0 Å². The predicted octanol–water partition coefficient (Wildman–Crippen LogP) is 2.44. The molecule has 0 aliphatic carbocycles. The second kappa shape index (κ2) is 4.05. The van der Waals surface area contributed by atoms with E-state index in [1.165, 1.54) is 0 Å². The van der Waals surface area contributed by atoms with Crippen molar-refractivity contribution >= 4 is 33.9 Å². The number of halogens is 4. The fourth-order valence-electron chi connectivity index (χ4n) is 0.611. The van der Waals surface area contributed by atoms with Gasteiger partial charge in [0, 0.05) is 0 Å². The van der Waals surface area contributed by atoms with E-state index >= 15 is 0 Å². The molecule has 0 aliphatic heterocycles. The third-order valence-corrected chi connectivity index (χ3v) is 3.57. The maximum Gasteiger partial charge on any atom is 0.425 e. The van der Waals surface area contributed by atoms with Crippen LogP contribution in [-0.2, 0) is 16.3 Å². The zero-order valence-electron chi connectivity index (χ0n) is 6.28. The molecule has 0 amide bonds. The first-order valence-electron chi connectivity index (χ1n) is 2.86. The maximum absolute atomic E-state index is 11.9. The second-order valence-corrected chi connectivity index (χ2v) is 4.82. The van der Waals surface area contributed by atoms with Gasteiger partial charge < -0.3 is 0 Å². The first-order chi connectivity index (χ1) is 5.71. The van der Waals surface area contributed by atoms with Crippen molar-refractivity contribution in [2.75, 3.05) is 0 Å². The van der Waals surface area contributed by atoms with Gasteiger partial charge in [-0.2, -0.15) is 21.6 Å². The Labute approximate surface area is 87.7 Å². The normalized spacial score (nSPS) is 12.3. The van der Waals surface area contributed by atoms with Crippen LogP contribution in [0, 0.1) is 0 Å². The van der Waals surface area contributed by atoms with E-state index in [0.29, 0.717) is 12.1 Å². The summed E-state index contributed by atoms with van der Waals surface area (Å²) in [6, 6.07) is 1.32. The van der Waals surface area contributed by atoms with E-state index in [1.54, 1.807) is 0 Å². The van der Waals surface area contributed by atoms with Crippen LogP contribution in [0.25, 0.3) is 0 Å². The zero-order valence-corrected chi connectivity index (χ0v) is 8.73. The molecule has 0 saturated carbocycles. The highest BCUT2D eigenvalue weighted by atomic mass is 35.5. The van der Waals surface area contributed by atoms with Crippen molar-refractivity contribution in [1.29, 1.82) is 0 Å². The fraction of sp³-hybridized carbons (Fsp3) is 0.200. The first kappa shape index (κ1) is 13.7. The van der Waals surface area contributed by atoms with Crippen molar-refractivity contribution < 1.29 is 26.1 Å². The van der Waals surface area contributed by atoms with Gasteiger partial charge in [0.1, 0.15) is 9.09 Å². The quantitative estimate of drug-likeness (QED) is 0.796. The number of hydrogen-bond donors (Lipinski definition) is 1. The molecule has 1 aromatic heterocycles. The lowest BCUT2D eigenvalue weighted by Crippen LogP contribution is -2.00. The molecule has 0 radical (unpaired) electrons. The lowest BCUT2D eigenvalue weighted by atomic mass is 10.5. The lowest BCUT2D eigenvalue weighted by Gasteiger charge is -2.00. The molecule has 3 nitrogen and oxygen atoms in total. The third-order valence-electron chi connectivity index (χ3n) is 1.11. The lowest BCUT2D eigenvalue weighted by molar-refractivity contribution is -0.134. The molecule has 0 fully saturated rings. The summed E-state index contributed by atoms with van der Waals surface area (Å²) in [5.74, 6) is 0. The number of alkyl halides is 3. The number of hydrogen-bond acceptors (Lipinski definition) is 3. The van der Waals surface area contributed by atoms with Gasteiger partial charge in [-0.05, 0) is 12.1 Å². The molecular weight excluding hydrogens is 265 g/mol. The Balaban J connectivity index is 0.00000169. The second-order valence-electron chi connectivity index (χ2n) is 2.09. The Bertz CT molecular complexity index is 408. The SMILES string of the molecule is Cl.O=S(=O)(O)c1ccc(C(F)(F)F)s1. The molecule has 82 valence electrons. The highest BCUT2D eigenvalue weighted by Crippen LogP contribution is 2.35. The van der Waals surface area contributed by atoms with E-state index < -0.39 is 25.4 Å². The molecule has 0 aliphatic rings. The molecule has 14 heavy (non-hydrogen) atoms. The molecule has 0 aromatic carbocycles. The summed E-state index contributed by atoms with van der Waals surface area (Å²) in [5.41, 5.74) is 0. The summed E-state index contributed by atoms with van der Waals surface area (Å²) >= 11 is -0.0162. The molecule has 0 bridgehead atoms. The number of rotatable bonds is 1. The van der Waals surface area contributed by atoms with Crippen LogP contribution in [0.3, 0.4) is 0 Å². The molecule has 0 saturated heterocycles. The van der Waals surface area contributed by atoms with Crippen LogP contribution in [0.1, 0.15) is 4.88 Å². The van der Waals surface area contributed by atoms with Crippen molar-refractivity contribution in [2.24, 2.45) is 0 Å². The van der Waals surface area contributed by atoms with Crippen LogP contribution in [0.15, 0.2) is 16.3 Å². The Morgan fingerprint density at radius 1 is 1.29 bits per heavy atom. The molecule has 9 heteroatoms. The Hall–Kier alpha value is -0.310. The van der Waals surface area contributed by atoms with Crippen LogP contribution >= 0.6 is 23.7 Å². The summed E-state index contributed by atoms with van der Waals surface area (Å²) in [7, 11) is -4.52. The monoisotopic (exact) mass is 268 g/mol. The van der Waals surface area contributed by atoms with Gasteiger partial charge in [-0.3, -0.25) is 4.55 Å². The summed E-state index contributed by atoms with van der Waals surface area (Å²) < 4.78 is 64.2. The molecule has 1 N–H and O–H groups in total. The Kier molecular flexibility index (Phi) is 3.96. The molecule has 0 spiro atoms. The molecule has 0 unspecified atom stereocenters. The van der Waals surface area contributed by atoms with Gasteiger partial charge in [0.05, 0.1) is 0 Å². The predicted molar refractivity (Wildman–Crippen MR) is 46.4 cm³/mol. The molecular formula is C5H4ClF3O3S2. The summed E-state index contributed by atoms with van der Waals surface area (Å²) in [6.45, 7) is 0. The van der Waals surface area contributed by atoms with Crippen molar-refractivity contribution in [1.82, 2.24) is 0 Å². The Morgan fingerprint density at radius 3 is 2.00 bits per heavy atom. The maximum atomic E-state index is 11.9. The fourth-order valence-corrected chi connectivity index (χ4v) is 2.15. The van der Waals surface area contributed by atoms with Crippen LogP contribution in [0.2, 0.25) is 0 Å². The number of thiophene rings is 1. The largest absolute Gasteiger partial charge is 0.425 e. The molecule has 1 aromatic rings. The smallest absolute Gasteiger partial charge is 0.281 e. The minimum absolute atomic E-state index is 0. The average molecular weight is 269 g/mol. The molecule has 0 atom stereocenters. The van der Waals surface area contributed by atoms with Crippen LogP contribution in [0.4, 0.5) is 13.2 Å². The average Bonchev–Trinajstić information content (AvgIpc) is 2.28. The highest BCUT2D eigenvalue weighted by molar-refractivity contribution is 7.88. The molecule has 1 heterocycles. The van der Waals surface area contributed by atoms with E-state index in [0.717, 1.165) is 0 Å². The van der Waals surface area contributed by atoms with Gasteiger partial charge in [0.15, 0.2) is 0 Å². The molecule has 1 rings (SSSR count). The summed E-state index contributed by atoms with van der Waals surface area (Å²) in [4.78, 5) is -1.06. The van der Waals surface area contributed by atoms with Crippen molar-refractivity contribution in [3.8, 4) is 0 Å². The standard InChI is InChI=1S/C5H3F3O3S2.ClH/c6-5(7,8)3-1-2-4(12-3)13(9,10)11;/h1-2H,(H,9,10,11);1H. The van der Waals surface area contributed by atoms with Gasteiger partial charge >= 0.3 is 16.3 Å². The van der Waals surface area contributed by atoms with E-state index in [1.807, 2.05) is 0 Å². The van der Waals surface area contributed by atoms with Gasteiger partial charge in [-0.1, -0.05) is 0 Å². The van der Waals surface area contributed by atoms with Gasteiger partial charge in [-0.15, -0.1) is 23.7 Å². The minimum Gasteiger partial charge on any atom is -0.281 e. The van der Waals surface area contributed by atoms with E-state index in [4.69, 9.17) is 4.55 Å². The highest BCUT2D eigenvalue weighted by Gasteiger charge is 2.33. The van der Waals surface area contributed by atoms with E-state index in [2.05, 4.69) is 0 Å². The van der Waals surface area contributed by atoms with Crippen LogP contribution < -0.4 is 0 Å². The van der Waals surface area contributed by atoms with E-state index in [-0.39, 0.29) is 23.7 Å². The minimum atomic E-state index is -4.58. The van der Waals surface area contributed by atoms with Gasteiger partial charge in [0.25, 0.3) is 0 Å².